The number of fused-ring (bicyclic) bond motifs is 13. The zero-order valence-electron chi connectivity index (χ0n) is 42.3. The third-order valence-corrected chi connectivity index (χ3v) is 16.9. The smallest absolute Gasteiger partial charge is 0.124 e. The number of hydrogen-bond acceptors (Lipinski definition) is 4. The minimum Gasteiger partial charge on any atom is -0.310 e. The molecule has 0 aliphatic rings. The van der Waals surface area contributed by atoms with Crippen LogP contribution in [0.5, 0.6) is 0 Å². The van der Waals surface area contributed by atoms with Crippen molar-refractivity contribution < 1.29 is 0 Å². The lowest BCUT2D eigenvalue weighted by molar-refractivity contribution is 1.18. The van der Waals surface area contributed by atoms with Crippen molar-refractivity contribution in [1.29, 1.82) is 0 Å². The zero-order chi connectivity index (χ0) is 51.3. The van der Waals surface area contributed by atoms with E-state index >= 15 is 0 Å². The summed E-state index contributed by atoms with van der Waals surface area (Å²) in [4.78, 5) is 10.0. The SMILES string of the molecule is c1ccc(-c2nc3ccc(N(c4ccc5c(ccc6cc(N(c7ccc8c(c7)c7ccccc7n8-c7ccccc7)c7cc8ccccc8c8ccccc78)ccc65)c4)c4cc5ccccc5c5ccccc45)cc3s2)cc1. The number of rotatable bonds is 8. The number of para-hydroxylation sites is 2. The fourth-order valence-corrected chi connectivity index (χ4v) is 13.3. The molecule has 0 atom stereocenters. The van der Waals surface area contributed by atoms with Gasteiger partial charge in [0.1, 0.15) is 5.01 Å². The monoisotopic (exact) mass is 1010 g/mol. The van der Waals surface area contributed by atoms with Crippen molar-refractivity contribution in [2.24, 2.45) is 0 Å². The number of anilines is 6. The van der Waals surface area contributed by atoms with E-state index in [1.807, 2.05) is 0 Å². The van der Waals surface area contributed by atoms with Crippen molar-refractivity contribution in [2.75, 3.05) is 9.80 Å². The molecule has 2 heterocycles. The predicted octanol–water partition coefficient (Wildman–Crippen LogP) is 20.9. The summed E-state index contributed by atoms with van der Waals surface area (Å²) in [7, 11) is 0. The highest BCUT2D eigenvalue weighted by Crippen LogP contribution is 2.48. The van der Waals surface area contributed by atoms with Crippen LogP contribution in [0.3, 0.4) is 0 Å². The molecule has 0 aliphatic carbocycles. The Morgan fingerprint density at radius 1 is 0.295 bits per heavy atom. The Morgan fingerprint density at radius 2 is 0.731 bits per heavy atom. The fourth-order valence-electron chi connectivity index (χ4n) is 12.3. The molecule has 16 rings (SSSR count). The Balaban J connectivity index is 0.873. The van der Waals surface area contributed by atoms with E-state index in [0.717, 1.165) is 60.6 Å². The molecule has 0 radical (unpaired) electrons. The Kier molecular flexibility index (Phi) is 10.1. The first-order valence-electron chi connectivity index (χ1n) is 26.6. The van der Waals surface area contributed by atoms with E-state index in [0.29, 0.717) is 0 Å². The van der Waals surface area contributed by atoms with Gasteiger partial charge in [-0.15, -0.1) is 11.3 Å². The average Bonchev–Trinajstić information content (AvgIpc) is 4.20. The second-order valence-corrected chi connectivity index (χ2v) is 21.3. The lowest BCUT2D eigenvalue weighted by Gasteiger charge is -2.28. The van der Waals surface area contributed by atoms with E-state index in [2.05, 4.69) is 293 Å². The summed E-state index contributed by atoms with van der Waals surface area (Å²) in [5, 5.41) is 18.0. The third kappa shape index (κ3) is 7.09. The predicted molar refractivity (Wildman–Crippen MR) is 334 cm³/mol. The van der Waals surface area contributed by atoms with E-state index in [1.165, 1.54) is 86.4 Å². The zero-order valence-corrected chi connectivity index (χ0v) is 43.1. The summed E-state index contributed by atoms with van der Waals surface area (Å²) in [6.45, 7) is 0. The summed E-state index contributed by atoms with van der Waals surface area (Å²) >= 11 is 1.74. The average molecular weight is 1010 g/mol. The lowest BCUT2D eigenvalue weighted by Crippen LogP contribution is -2.11. The van der Waals surface area contributed by atoms with Crippen LogP contribution in [-0.4, -0.2) is 9.55 Å². The molecule has 0 fully saturated rings. The topological polar surface area (TPSA) is 24.3 Å². The summed E-state index contributed by atoms with van der Waals surface area (Å²) in [6, 6.07) is 102. The maximum Gasteiger partial charge on any atom is 0.124 e. The van der Waals surface area contributed by atoms with Crippen LogP contribution in [0.2, 0.25) is 0 Å². The van der Waals surface area contributed by atoms with Crippen LogP contribution < -0.4 is 9.80 Å². The van der Waals surface area contributed by atoms with Crippen molar-refractivity contribution in [3.8, 4) is 16.3 Å². The third-order valence-electron chi connectivity index (χ3n) is 15.9. The van der Waals surface area contributed by atoms with E-state index in [-0.39, 0.29) is 0 Å². The summed E-state index contributed by atoms with van der Waals surface area (Å²) in [5.74, 6) is 0. The minimum absolute atomic E-state index is 0.999. The Morgan fingerprint density at radius 3 is 1.35 bits per heavy atom. The van der Waals surface area contributed by atoms with E-state index in [4.69, 9.17) is 4.98 Å². The quantitative estimate of drug-likeness (QED) is 0.142. The Hall–Kier alpha value is -10.1. The van der Waals surface area contributed by atoms with Crippen LogP contribution in [-0.2, 0) is 0 Å². The molecule has 364 valence electrons. The molecule has 0 saturated carbocycles. The summed E-state index contributed by atoms with van der Waals surface area (Å²) in [6.07, 6.45) is 0. The van der Waals surface area contributed by atoms with E-state index in [9.17, 15) is 0 Å². The Labute approximate surface area is 454 Å². The van der Waals surface area contributed by atoms with Crippen LogP contribution >= 0.6 is 11.3 Å². The van der Waals surface area contributed by atoms with Gasteiger partial charge in [0.05, 0.1) is 32.6 Å². The van der Waals surface area contributed by atoms with Crippen LogP contribution in [0.1, 0.15) is 0 Å². The first-order chi connectivity index (χ1) is 38.7. The fraction of sp³-hybridized carbons (Fsp3) is 0. The van der Waals surface area contributed by atoms with E-state index in [1.54, 1.807) is 11.3 Å². The van der Waals surface area contributed by atoms with Gasteiger partial charge in [0.25, 0.3) is 0 Å². The molecule has 0 spiro atoms. The summed E-state index contributed by atoms with van der Waals surface area (Å²) < 4.78 is 3.54. The second-order valence-electron chi connectivity index (χ2n) is 20.3. The van der Waals surface area contributed by atoms with Gasteiger partial charge in [0.15, 0.2) is 0 Å². The van der Waals surface area contributed by atoms with Gasteiger partial charge in [-0.25, -0.2) is 4.98 Å². The molecular weight excluding hydrogens is 965 g/mol. The molecule has 0 aliphatic heterocycles. The molecule has 2 aromatic heterocycles. The normalized spacial score (nSPS) is 11.8. The standard InChI is InChI=1S/C73H46N4S/c1-3-17-47(18-4-1)73-74-67-39-35-56(46-72(67)78-73)76(71-44-49-20-8-10-24-58(49)62-26-12-14-28-64(62)71)54-34-38-60-51(42-54)32-31-50-41-53(33-37-59(50)60)75(70-43-48-19-7-9-23-57(48)61-25-11-13-27-63(61)70)55-36-40-69-66(45-55)65-29-15-16-30-68(65)77(69)52-21-5-2-6-22-52/h1-46H. The molecule has 0 amide bonds. The van der Waals surface area contributed by atoms with Crippen molar-refractivity contribution in [2.45, 2.75) is 0 Å². The van der Waals surface area contributed by atoms with Crippen LogP contribution in [0.25, 0.3) is 113 Å². The number of nitrogens with zero attached hydrogens (tertiary/aromatic N) is 4. The van der Waals surface area contributed by atoms with E-state index < -0.39 is 0 Å². The van der Waals surface area contributed by atoms with Crippen LogP contribution in [0.15, 0.2) is 279 Å². The van der Waals surface area contributed by atoms with Gasteiger partial charge >= 0.3 is 0 Å². The lowest BCUT2D eigenvalue weighted by atomic mass is 9.97. The molecular formula is C73H46N4S. The van der Waals surface area contributed by atoms with Crippen molar-refractivity contribution >= 4 is 142 Å². The molecule has 0 unspecified atom stereocenters. The highest BCUT2D eigenvalue weighted by atomic mass is 32.1. The van der Waals surface area contributed by atoms with Gasteiger partial charge in [-0.2, -0.15) is 0 Å². The van der Waals surface area contributed by atoms with Crippen molar-refractivity contribution in [3.63, 3.8) is 0 Å². The number of hydrogen-bond donors (Lipinski definition) is 0. The first-order valence-corrected chi connectivity index (χ1v) is 27.4. The van der Waals surface area contributed by atoms with Gasteiger partial charge in [0, 0.05) is 55.5 Å². The van der Waals surface area contributed by atoms with Crippen LogP contribution in [0.4, 0.5) is 34.1 Å². The molecule has 16 aromatic rings. The second kappa shape index (κ2) is 17.8. The molecule has 0 saturated heterocycles. The molecule has 4 nitrogen and oxygen atoms in total. The van der Waals surface area contributed by atoms with Gasteiger partial charge in [-0.1, -0.05) is 188 Å². The van der Waals surface area contributed by atoms with Gasteiger partial charge < -0.3 is 14.4 Å². The number of aromatic nitrogens is 2. The highest BCUT2D eigenvalue weighted by Gasteiger charge is 2.23. The molecule has 14 aromatic carbocycles. The van der Waals surface area contributed by atoms with Gasteiger partial charge in [-0.3, -0.25) is 0 Å². The maximum absolute atomic E-state index is 5.10. The van der Waals surface area contributed by atoms with Crippen LogP contribution in [0, 0.1) is 0 Å². The number of thiazole rings is 1. The molecule has 5 heteroatoms. The van der Waals surface area contributed by atoms with Crippen molar-refractivity contribution in [1.82, 2.24) is 9.55 Å². The van der Waals surface area contributed by atoms with Gasteiger partial charge in [-0.05, 0) is 145 Å². The van der Waals surface area contributed by atoms with Crippen molar-refractivity contribution in [3.05, 3.63) is 279 Å². The molecule has 78 heavy (non-hydrogen) atoms. The molecule has 0 bridgehead atoms. The maximum atomic E-state index is 5.10. The molecule has 0 N–H and O–H groups in total. The minimum atomic E-state index is 0.999. The largest absolute Gasteiger partial charge is 0.310 e. The first kappa shape index (κ1) is 44.2. The van der Waals surface area contributed by atoms with Gasteiger partial charge in [0.2, 0.25) is 0 Å². The summed E-state index contributed by atoms with van der Waals surface area (Å²) in [5.41, 5.74) is 12.3. The highest BCUT2D eigenvalue weighted by molar-refractivity contribution is 7.21. The Bertz CT molecular complexity index is 5060. The number of benzene rings is 14.